The van der Waals surface area contributed by atoms with Crippen molar-refractivity contribution in [3.63, 3.8) is 0 Å². The van der Waals surface area contributed by atoms with Crippen molar-refractivity contribution in [1.82, 2.24) is 9.80 Å². The molecule has 0 unspecified atom stereocenters. The predicted molar refractivity (Wildman–Crippen MR) is 81.3 cm³/mol. The Morgan fingerprint density at radius 3 is 2.45 bits per heavy atom. The van der Waals surface area contributed by atoms with Gasteiger partial charge in [-0.15, -0.1) is 0 Å². The van der Waals surface area contributed by atoms with Crippen LogP contribution >= 0.6 is 0 Å². The van der Waals surface area contributed by atoms with E-state index in [1.807, 2.05) is 12.1 Å². The summed E-state index contributed by atoms with van der Waals surface area (Å²) in [5, 5.41) is 8.91. The molecule has 1 aliphatic rings. The van der Waals surface area contributed by atoms with Crippen LogP contribution in [0.15, 0.2) is 24.3 Å². The molecule has 0 atom stereocenters. The highest BCUT2D eigenvalue weighted by Gasteiger charge is 2.15. The van der Waals surface area contributed by atoms with Crippen LogP contribution in [-0.2, 0) is 0 Å². The molecule has 1 heterocycles. The van der Waals surface area contributed by atoms with Gasteiger partial charge in [-0.1, -0.05) is 12.1 Å². The van der Waals surface area contributed by atoms with E-state index in [4.69, 9.17) is 9.84 Å². The van der Waals surface area contributed by atoms with E-state index >= 15 is 0 Å². The SMILES string of the molecule is Cc1cccc(OCCCN2CCN(CCO)CC2)c1. The molecular formula is C16H26N2O2. The number of β-amino-alcohol motifs (C(OH)–C–C–N with tert-alkyl or cyclic N) is 1. The van der Waals surface area contributed by atoms with Crippen molar-refractivity contribution >= 4 is 0 Å². The molecular weight excluding hydrogens is 252 g/mol. The zero-order valence-corrected chi connectivity index (χ0v) is 12.4. The maximum atomic E-state index is 8.91. The summed E-state index contributed by atoms with van der Waals surface area (Å²) >= 11 is 0. The first-order valence-corrected chi connectivity index (χ1v) is 7.53. The van der Waals surface area contributed by atoms with Gasteiger partial charge in [-0.2, -0.15) is 0 Å². The zero-order valence-electron chi connectivity index (χ0n) is 12.4. The van der Waals surface area contributed by atoms with Crippen molar-refractivity contribution in [3.8, 4) is 5.75 Å². The molecule has 4 heteroatoms. The number of benzene rings is 1. The lowest BCUT2D eigenvalue weighted by Crippen LogP contribution is -2.47. The van der Waals surface area contributed by atoms with E-state index in [-0.39, 0.29) is 6.61 Å². The number of hydrogen-bond donors (Lipinski definition) is 1. The van der Waals surface area contributed by atoms with E-state index in [0.29, 0.717) is 0 Å². The zero-order chi connectivity index (χ0) is 14.2. The fourth-order valence-corrected chi connectivity index (χ4v) is 2.56. The van der Waals surface area contributed by atoms with Gasteiger partial charge in [-0.05, 0) is 31.0 Å². The lowest BCUT2D eigenvalue weighted by molar-refractivity contribution is 0.108. The summed E-state index contributed by atoms with van der Waals surface area (Å²) in [4.78, 5) is 4.80. The molecule has 2 rings (SSSR count). The number of piperazine rings is 1. The maximum absolute atomic E-state index is 8.91. The molecule has 0 bridgehead atoms. The van der Waals surface area contributed by atoms with Crippen LogP contribution in [0.3, 0.4) is 0 Å². The van der Waals surface area contributed by atoms with E-state index in [1.54, 1.807) is 0 Å². The molecule has 1 fully saturated rings. The Morgan fingerprint density at radius 2 is 1.80 bits per heavy atom. The van der Waals surface area contributed by atoms with E-state index in [0.717, 1.165) is 58.0 Å². The Bertz CT molecular complexity index is 390. The second-order valence-electron chi connectivity index (χ2n) is 5.43. The van der Waals surface area contributed by atoms with Crippen molar-refractivity contribution in [1.29, 1.82) is 0 Å². The number of aliphatic hydroxyl groups is 1. The minimum Gasteiger partial charge on any atom is -0.494 e. The van der Waals surface area contributed by atoms with Gasteiger partial charge in [0.25, 0.3) is 0 Å². The van der Waals surface area contributed by atoms with Gasteiger partial charge in [0.15, 0.2) is 0 Å². The summed E-state index contributed by atoms with van der Waals surface area (Å²) in [5.74, 6) is 0.970. The van der Waals surface area contributed by atoms with Crippen molar-refractivity contribution in [2.75, 3.05) is 52.5 Å². The molecule has 1 aromatic carbocycles. The molecule has 20 heavy (non-hydrogen) atoms. The standard InChI is InChI=1S/C16H26N2O2/c1-15-4-2-5-16(14-15)20-13-3-6-17-7-9-18(10-8-17)11-12-19/h2,4-5,14,19H,3,6-13H2,1H3. The van der Waals surface area contributed by atoms with Crippen LogP contribution in [0.2, 0.25) is 0 Å². The topological polar surface area (TPSA) is 35.9 Å². The summed E-state index contributed by atoms with van der Waals surface area (Å²) in [6, 6.07) is 8.21. The molecule has 1 aromatic rings. The van der Waals surface area contributed by atoms with Gasteiger partial charge >= 0.3 is 0 Å². The molecule has 112 valence electrons. The smallest absolute Gasteiger partial charge is 0.119 e. The quantitative estimate of drug-likeness (QED) is 0.764. The molecule has 1 aliphatic heterocycles. The Balaban J connectivity index is 1.58. The fraction of sp³-hybridized carbons (Fsp3) is 0.625. The highest BCUT2D eigenvalue weighted by atomic mass is 16.5. The highest BCUT2D eigenvalue weighted by molar-refractivity contribution is 5.27. The van der Waals surface area contributed by atoms with Crippen LogP contribution in [-0.4, -0.2) is 67.4 Å². The normalized spacial score (nSPS) is 17.3. The lowest BCUT2D eigenvalue weighted by atomic mass is 10.2. The number of rotatable bonds is 7. The van der Waals surface area contributed by atoms with Crippen molar-refractivity contribution < 1.29 is 9.84 Å². The van der Waals surface area contributed by atoms with Gasteiger partial charge in [0, 0.05) is 39.3 Å². The first-order chi connectivity index (χ1) is 9.78. The van der Waals surface area contributed by atoms with E-state index in [2.05, 4.69) is 28.9 Å². The second kappa shape index (κ2) is 8.25. The van der Waals surface area contributed by atoms with Crippen LogP contribution < -0.4 is 4.74 Å². The van der Waals surface area contributed by atoms with Gasteiger partial charge in [-0.3, -0.25) is 4.90 Å². The highest BCUT2D eigenvalue weighted by Crippen LogP contribution is 2.12. The third-order valence-electron chi connectivity index (χ3n) is 3.76. The van der Waals surface area contributed by atoms with Crippen LogP contribution in [0.4, 0.5) is 0 Å². The monoisotopic (exact) mass is 278 g/mol. The van der Waals surface area contributed by atoms with E-state index < -0.39 is 0 Å². The number of aliphatic hydroxyl groups excluding tert-OH is 1. The maximum Gasteiger partial charge on any atom is 0.119 e. The molecule has 0 spiro atoms. The van der Waals surface area contributed by atoms with Crippen LogP contribution in [0.25, 0.3) is 0 Å². The molecule has 0 saturated carbocycles. The van der Waals surface area contributed by atoms with E-state index in [1.165, 1.54) is 5.56 Å². The Labute approximate surface area is 122 Å². The fourth-order valence-electron chi connectivity index (χ4n) is 2.56. The summed E-state index contributed by atoms with van der Waals surface area (Å²) in [5.41, 5.74) is 1.24. The minimum atomic E-state index is 0.268. The third kappa shape index (κ3) is 5.12. The van der Waals surface area contributed by atoms with E-state index in [9.17, 15) is 0 Å². The largest absolute Gasteiger partial charge is 0.494 e. The first-order valence-electron chi connectivity index (χ1n) is 7.53. The lowest BCUT2D eigenvalue weighted by Gasteiger charge is -2.34. The van der Waals surface area contributed by atoms with Crippen molar-refractivity contribution in [2.45, 2.75) is 13.3 Å². The number of hydrogen-bond acceptors (Lipinski definition) is 4. The second-order valence-corrected chi connectivity index (χ2v) is 5.43. The number of aryl methyl sites for hydroxylation is 1. The average Bonchev–Trinajstić information content (AvgIpc) is 2.46. The molecule has 0 amide bonds. The Hall–Kier alpha value is -1.10. The Morgan fingerprint density at radius 1 is 1.10 bits per heavy atom. The third-order valence-corrected chi connectivity index (χ3v) is 3.76. The van der Waals surface area contributed by atoms with Crippen LogP contribution in [0.5, 0.6) is 5.75 Å². The molecule has 0 radical (unpaired) electrons. The predicted octanol–water partition coefficient (Wildman–Crippen LogP) is 1.37. The number of ether oxygens (including phenoxy) is 1. The minimum absolute atomic E-state index is 0.268. The van der Waals surface area contributed by atoms with Gasteiger partial charge in [0.2, 0.25) is 0 Å². The summed E-state index contributed by atoms with van der Waals surface area (Å²) < 4.78 is 5.77. The molecule has 1 N–H and O–H groups in total. The van der Waals surface area contributed by atoms with Gasteiger partial charge < -0.3 is 14.7 Å². The Kier molecular flexibility index (Phi) is 6.30. The summed E-state index contributed by atoms with van der Waals surface area (Å²) in [6.07, 6.45) is 1.06. The molecule has 0 aliphatic carbocycles. The average molecular weight is 278 g/mol. The first kappa shape index (κ1) is 15.3. The van der Waals surface area contributed by atoms with Crippen LogP contribution in [0.1, 0.15) is 12.0 Å². The summed E-state index contributed by atoms with van der Waals surface area (Å²) in [6.45, 7) is 9.37. The molecule has 4 nitrogen and oxygen atoms in total. The molecule has 0 aromatic heterocycles. The molecule has 1 saturated heterocycles. The summed E-state index contributed by atoms with van der Waals surface area (Å²) in [7, 11) is 0. The van der Waals surface area contributed by atoms with Crippen molar-refractivity contribution in [2.24, 2.45) is 0 Å². The van der Waals surface area contributed by atoms with Gasteiger partial charge in [0.1, 0.15) is 5.75 Å². The van der Waals surface area contributed by atoms with Gasteiger partial charge in [0.05, 0.1) is 13.2 Å². The van der Waals surface area contributed by atoms with Crippen molar-refractivity contribution in [3.05, 3.63) is 29.8 Å². The van der Waals surface area contributed by atoms with Gasteiger partial charge in [-0.25, -0.2) is 0 Å². The van der Waals surface area contributed by atoms with Crippen LogP contribution in [0, 0.1) is 6.92 Å². The number of nitrogens with zero attached hydrogens (tertiary/aromatic N) is 2.